The van der Waals surface area contributed by atoms with Crippen LogP contribution in [0.3, 0.4) is 0 Å². The fraction of sp³-hybridized carbons (Fsp3) is 0.333. The van der Waals surface area contributed by atoms with Gasteiger partial charge in [-0.3, -0.25) is 9.59 Å². The van der Waals surface area contributed by atoms with Gasteiger partial charge in [-0.1, -0.05) is 17.4 Å². The van der Waals surface area contributed by atoms with Crippen molar-refractivity contribution in [2.24, 2.45) is 5.92 Å². The Kier molecular flexibility index (Phi) is 4.24. The average Bonchev–Trinajstić information content (AvgIpc) is 3.13. The van der Waals surface area contributed by atoms with Crippen molar-refractivity contribution in [2.45, 2.75) is 13.3 Å². The number of nitrogens with one attached hydrogen (secondary N) is 1. The summed E-state index contributed by atoms with van der Waals surface area (Å²) in [5.41, 5.74) is 0.733. The van der Waals surface area contributed by atoms with E-state index in [1.165, 1.54) is 11.3 Å². The molecule has 2 heterocycles. The monoisotopic (exact) mass is 332 g/mol. The predicted octanol–water partition coefficient (Wildman–Crippen LogP) is 1.85. The van der Waals surface area contributed by atoms with E-state index in [2.05, 4.69) is 15.5 Å². The number of rotatable bonds is 4. The average molecular weight is 332 g/mol. The molecule has 8 heteroatoms. The summed E-state index contributed by atoms with van der Waals surface area (Å²) in [5.74, 6) is -0.0165. The van der Waals surface area contributed by atoms with Gasteiger partial charge < -0.3 is 15.0 Å². The third kappa shape index (κ3) is 3.31. The van der Waals surface area contributed by atoms with E-state index in [1.807, 2.05) is 25.1 Å². The second-order valence-electron chi connectivity index (χ2n) is 5.22. The fourth-order valence-electron chi connectivity index (χ4n) is 2.47. The van der Waals surface area contributed by atoms with Gasteiger partial charge in [0.1, 0.15) is 10.8 Å². The minimum Gasteiger partial charge on any atom is -0.497 e. The van der Waals surface area contributed by atoms with E-state index in [4.69, 9.17) is 4.74 Å². The van der Waals surface area contributed by atoms with Crippen LogP contribution in [0.4, 0.5) is 10.8 Å². The Morgan fingerprint density at radius 3 is 2.96 bits per heavy atom. The molecule has 1 aliphatic heterocycles. The van der Waals surface area contributed by atoms with Crippen LogP contribution >= 0.6 is 11.3 Å². The summed E-state index contributed by atoms with van der Waals surface area (Å²) in [6, 6.07) is 7.24. The Bertz CT molecular complexity index is 746. The number of aryl methyl sites for hydroxylation is 1. The molecule has 0 bridgehead atoms. The number of carbonyl (C=O) groups is 2. The van der Waals surface area contributed by atoms with Gasteiger partial charge >= 0.3 is 0 Å². The highest BCUT2D eigenvalue weighted by molar-refractivity contribution is 7.15. The van der Waals surface area contributed by atoms with E-state index in [0.717, 1.165) is 10.7 Å². The Labute approximate surface area is 137 Å². The maximum Gasteiger partial charge on any atom is 0.231 e. The highest BCUT2D eigenvalue weighted by Gasteiger charge is 2.35. The van der Waals surface area contributed by atoms with Gasteiger partial charge in [0.15, 0.2) is 0 Å². The van der Waals surface area contributed by atoms with Crippen molar-refractivity contribution in [2.75, 3.05) is 23.9 Å². The highest BCUT2D eigenvalue weighted by Crippen LogP contribution is 2.28. The zero-order valence-electron chi connectivity index (χ0n) is 12.8. The normalized spacial score (nSPS) is 17.4. The number of hydrogen-bond acceptors (Lipinski definition) is 6. The van der Waals surface area contributed by atoms with Crippen LogP contribution in [0.15, 0.2) is 24.3 Å². The molecule has 0 radical (unpaired) electrons. The van der Waals surface area contributed by atoms with Crippen LogP contribution in [0, 0.1) is 12.8 Å². The number of aromatic nitrogens is 2. The van der Waals surface area contributed by atoms with Crippen molar-refractivity contribution in [3.63, 3.8) is 0 Å². The van der Waals surface area contributed by atoms with E-state index in [-0.39, 0.29) is 18.2 Å². The summed E-state index contributed by atoms with van der Waals surface area (Å²) in [7, 11) is 1.57. The highest BCUT2D eigenvalue weighted by atomic mass is 32.1. The second kappa shape index (κ2) is 6.33. The maximum absolute atomic E-state index is 12.3. The standard InChI is InChI=1S/C15H16N4O3S/c1-9-17-18-15(23-9)16-14(21)10-6-13(20)19(8-10)11-4-3-5-12(7-11)22-2/h3-5,7,10H,6,8H2,1-2H3,(H,16,18,21)/t10-/m0/s1. The molecule has 3 rings (SSSR count). The zero-order chi connectivity index (χ0) is 16.4. The first kappa shape index (κ1) is 15.4. The lowest BCUT2D eigenvalue weighted by molar-refractivity contribution is -0.122. The van der Waals surface area contributed by atoms with Gasteiger partial charge in [0, 0.05) is 24.7 Å². The van der Waals surface area contributed by atoms with Crippen LogP contribution < -0.4 is 15.0 Å². The molecule has 0 unspecified atom stereocenters. The lowest BCUT2D eigenvalue weighted by atomic mass is 10.1. The van der Waals surface area contributed by atoms with Crippen LogP contribution in [0.1, 0.15) is 11.4 Å². The number of benzene rings is 1. The van der Waals surface area contributed by atoms with Crippen molar-refractivity contribution >= 4 is 34.0 Å². The van der Waals surface area contributed by atoms with Gasteiger partial charge in [0.2, 0.25) is 16.9 Å². The van der Waals surface area contributed by atoms with E-state index in [1.54, 1.807) is 18.1 Å². The van der Waals surface area contributed by atoms with E-state index in [9.17, 15) is 9.59 Å². The van der Waals surface area contributed by atoms with Crippen molar-refractivity contribution in [1.29, 1.82) is 0 Å². The van der Waals surface area contributed by atoms with Gasteiger partial charge in [0.25, 0.3) is 0 Å². The number of nitrogens with zero attached hydrogens (tertiary/aromatic N) is 3. The third-order valence-corrected chi connectivity index (χ3v) is 4.37. The number of hydrogen-bond donors (Lipinski definition) is 1. The van der Waals surface area contributed by atoms with E-state index < -0.39 is 5.92 Å². The second-order valence-corrected chi connectivity index (χ2v) is 6.40. The quantitative estimate of drug-likeness (QED) is 0.923. The van der Waals surface area contributed by atoms with Gasteiger partial charge in [-0.05, 0) is 19.1 Å². The van der Waals surface area contributed by atoms with Crippen LogP contribution in [0.5, 0.6) is 5.75 Å². The molecule has 1 aromatic heterocycles. The first-order valence-corrected chi connectivity index (χ1v) is 7.94. The molecular weight excluding hydrogens is 316 g/mol. The summed E-state index contributed by atoms with van der Waals surface area (Å²) in [5, 5.41) is 11.7. The van der Waals surface area contributed by atoms with Crippen molar-refractivity contribution in [3.8, 4) is 5.75 Å². The van der Waals surface area contributed by atoms with Gasteiger partial charge in [0.05, 0.1) is 13.0 Å². The first-order valence-electron chi connectivity index (χ1n) is 7.12. The molecule has 7 nitrogen and oxygen atoms in total. The lowest BCUT2D eigenvalue weighted by Gasteiger charge is -2.17. The number of methoxy groups -OCH3 is 1. The largest absolute Gasteiger partial charge is 0.497 e. The van der Waals surface area contributed by atoms with Crippen molar-refractivity contribution < 1.29 is 14.3 Å². The van der Waals surface area contributed by atoms with Crippen LogP contribution in [0.2, 0.25) is 0 Å². The molecule has 1 N–H and O–H groups in total. The first-order chi connectivity index (χ1) is 11.1. The molecule has 1 atom stereocenters. The summed E-state index contributed by atoms with van der Waals surface area (Å²) < 4.78 is 5.17. The predicted molar refractivity (Wildman–Crippen MR) is 86.7 cm³/mol. The van der Waals surface area contributed by atoms with Crippen LogP contribution in [-0.2, 0) is 9.59 Å². The summed E-state index contributed by atoms with van der Waals surface area (Å²) in [6.45, 7) is 2.16. The number of carbonyl (C=O) groups excluding carboxylic acids is 2. The van der Waals surface area contributed by atoms with E-state index in [0.29, 0.717) is 17.4 Å². The minimum atomic E-state index is -0.405. The molecule has 2 aromatic rings. The molecule has 1 aromatic carbocycles. The molecule has 0 saturated carbocycles. The summed E-state index contributed by atoms with van der Waals surface area (Å²) in [6.07, 6.45) is 0.181. The maximum atomic E-state index is 12.3. The molecule has 1 aliphatic rings. The number of anilines is 2. The number of ether oxygens (including phenoxy) is 1. The smallest absolute Gasteiger partial charge is 0.231 e. The zero-order valence-corrected chi connectivity index (χ0v) is 13.6. The molecule has 1 saturated heterocycles. The third-order valence-electron chi connectivity index (χ3n) is 3.62. The van der Waals surface area contributed by atoms with E-state index >= 15 is 0 Å². The minimum absolute atomic E-state index is 0.0770. The number of amides is 2. The van der Waals surface area contributed by atoms with Crippen LogP contribution in [0.25, 0.3) is 0 Å². The molecule has 1 fully saturated rings. The Balaban J connectivity index is 1.70. The molecule has 120 valence electrons. The van der Waals surface area contributed by atoms with Gasteiger partial charge in [-0.2, -0.15) is 0 Å². The molecule has 23 heavy (non-hydrogen) atoms. The van der Waals surface area contributed by atoms with Gasteiger partial charge in [-0.25, -0.2) is 0 Å². The molecular formula is C15H16N4O3S. The van der Waals surface area contributed by atoms with Gasteiger partial charge in [-0.15, -0.1) is 10.2 Å². The molecule has 2 amide bonds. The van der Waals surface area contributed by atoms with Crippen LogP contribution in [-0.4, -0.2) is 35.7 Å². The Hall–Kier alpha value is -2.48. The summed E-state index contributed by atoms with van der Waals surface area (Å²) >= 11 is 1.31. The lowest BCUT2D eigenvalue weighted by Crippen LogP contribution is -2.28. The summed E-state index contributed by atoms with van der Waals surface area (Å²) in [4.78, 5) is 26.1. The molecule has 0 aliphatic carbocycles. The Morgan fingerprint density at radius 2 is 2.26 bits per heavy atom. The topological polar surface area (TPSA) is 84.4 Å². The van der Waals surface area contributed by atoms with Crippen molar-refractivity contribution in [1.82, 2.24) is 10.2 Å². The SMILES string of the molecule is COc1cccc(N2C[C@@H](C(=O)Nc3nnc(C)s3)CC2=O)c1. The Morgan fingerprint density at radius 1 is 1.43 bits per heavy atom. The van der Waals surface area contributed by atoms with Crippen molar-refractivity contribution in [3.05, 3.63) is 29.3 Å². The molecule has 0 spiro atoms. The fourth-order valence-corrected chi connectivity index (χ4v) is 3.06.